The minimum Gasteiger partial charge on any atom is -0.497 e. The van der Waals surface area contributed by atoms with Crippen LogP contribution in [0.1, 0.15) is 5.56 Å². The zero-order valence-electron chi connectivity index (χ0n) is 7.49. The van der Waals surface area contributed by atoms with Gasteiger partial charge in [0.05, 0.1) is 13.2 Å². The molecule has 0 saturated heterocycles. The van der Waals surface area contributed by atoms with E-state index in [1.165, 1.54) is 0 Å². The van der Waals surface area contributed by atoms with E-state index in [1.807, 2.05) is 24.3 Å². The molecule has 2 N–H and O–H groups in total. The van der Waals surface area contributed by atoms with Crippen molar-refractivity contribution in [2.75, 3.05) is 7.11 Å². The van der Waals surface area contributed by atoms with E-state index in [0.29, 0.717) is 6.42 Å². The maximum atomic E-state index is 10.2. The minimum absolute atomic E-state index is 0.501. The van der Waals surface area contributed by atoms with Crippen molar-refractivity contribution < 1.29 is 9.53 Å². The van der Waals surface area contributed by atoms with Crippen LogP contribution in [0.4, 0.5) is 0 Å². The average molecular weight is 178 g/mol. The van der Waals surface area contributed by atoms with Crippen molar-refractivity contribution in [2.45, 2.75) is 12.5 Å². The second-order valence-corrected chi connectivity index (χ2v) is 2.78. The quantitative estimate of drug-likeness (QED) is 0.737. The molecule has 3 heteroatoms. The van der Waals surface area contributed by atoms with Crippen molar-refractivity contribution in [3.8, 4) is 5.75 Å². The van der Waals surface area contributed by atoms with Gasteiger partial charge >= 0.3 is 0 Å². The Bertz CT molecular complexity index is 286. The van der Waals surface area contributed by atoms with E-state index in [9.17, 15) is 4.79 Å². The van der Waals surface area contributed by atoms with Crippen molar-refractivity contribution >= 4 is 6.29 Å². The molecule has 0 amide bonds. The molecule has 0 aliphatic carbocycles. The number of ether oxygens (including phenoxy) is 1. The van der Waals surface area contributed by atoms with Gasteiger partial charge in [-0.2, -0.15) is 0 Å². The van der Waals surface area contributed by atoms with Gasteiger partial charge in [-0.05, 0) is 24.1 Å². The lowest BCUT2D eigenvalue weighted by Crippen LogP contribution is -2.23. The van der Waals surface area contributed by atoms with Crippen LogP contribution >= 0.6 is 0 Å². The van der Waals surface area contributed by atoms with Crippen LogP contribution in [0.3, 0.4) is 0 Å². The summed E-state index contributed by atoms with van der Waals surface area (Å²) in [5.74, 6) is 0.774. The van der Waals surface area contributed by atoms with E-state index in [-0.39, 0.29) is 0 Å². The van der Waals surface area contributed by atoms with Gasteiger partial charge in [0.15, 0.2) is 0 Å². The summed E-state index contributed by atoms with van der Waals surface area (Å²) in [7, 11) is 1.60. The fourth-order valence-corrected chi connectivity index (χ4v) is 1.10. The van der Waals surface area contributed by atoms with Gasteiger partial charge in [-0.15, -0.1) is 0 Å². The molecule has 0 unspecified atom stereocenters. The summed E-state index contributed by atoms with van der Waals surface area (Å²) >= 11 is 0. The Morgan fingerprint density at radius 1 is 1.62 bits per heavy atom. The molecule has 0 saturated carbocycles. The third-order valence-electron chi connectivity index (χ3n) is 1.74. The smallest absolute Gasteiger partial charge is 0.217 e. The highest BCUT2D eigenvalue weighted by Crippen LogP contribution is 2.13. The summed E-state index contributed by atoms with van der Waals surface area (Å²) in [5.41, 5.74) is 6.41. The van der Waals surface area contributed by atoms with Gasteiger partial charge in [0.1, 0.15) is 5.75 Å². The molecule has 0 aliphatic rings. The molecule has 0 spiro atoms. The number of hydrogen-bond donors (Lipinski definition) is 1. The first-order valence-electron chi connectivity index (χ1n) is 4.02. The zero-order valence-corrected chi connectivity index (χ0v) is 7.49. The van der Waals surface area contributed by atoms with Crippen LogP contribution in [-0.4, -0.2) is 19.4 Å². The van der Waals surface area contributed by atoms with E-state index in [4.69, 9.17) is 10.5 Å². The number of nitrogens with two attached hydrogens (primary N) is 1. The Balaban J connectivity index is 2.71. The lowest BCUT2D eigenvalue weighted by molar-refractivity contribution is 0.414. The number of rotatable bonds is 4. The molecule has 1 rings (SSSR count). The molecule has 1 aromatic rings. The SMILES string of the molecule is COc1cccc(C[C@H](N)[C]=O)c1. The average Bonchev–Trinajstić information content (AvgIpc) is 2.18. The standard InChI is InChI=1S/C10H12NO2/c1-13-10-4-2-3-8(6-10)5-9(11)7-12/h2-4,6,9H,5,11H2,1H3/t9-/m0/s1. The van der Waals surface area contributed by atoms with Crippen LogP contribution < -0.4 is 10.5 Å². The summed E-state index contributed by atoms with van der Waals surface area (Å²) in [6.07, 6.45) is 2.24. The Morgan fingerprint density at radius 2 is 2.38 bits per heavy atom. The Labute approximate surface area is 77.5 Å². The van der Waals surface area contributed by atoms with Crippen LogP contribution in [0.2, 0.25) is 0 Å². The summed E-state index contributed by atoms with van der Waals surface area (Å²) < 4.78 is 5.03. The maximum absolute atomic E-state index is 10.2. The van der Waals surface area contributed by atoms with E-state index in [0.717, 1.165) is 11.3 Å². The molecule has 0 fully saturated rings. The molecule has 1 aromatic carbocycles. The molecular formula is C10H12NO2. The van der Waals surface area contributed by atoms with Gasteiger partial charge in [0.2, 0.25) is 6.29 Å². The largest absolute Gasteiger partial charge is 0.497 e. The Kier molecular flexibility index (Phi) is 3.46. The fraction of sp³-hybridized carbons (Fsp3) is 0.300. The highest BCUT2D eigenvalue weighted by atomic mass is 16.5. The number of hydrogen-bond acceptors (Lipinski definition) is 3. The van der Waals surface area contributed by atoms with Gasteiger partial charge in [-0.1, -0.05) is 12.1 Å². The summed E-state index contributed by atoms with van der Waals surface area (Å²) in [4.78, 5) is 10.2. The first-order chi connectivity index (χ1) is 6.26. The number of benzene rings is 1. The Morgan fingerprint density at radius 3 is 3.00 bits per heavy atom. The highest BCUT2D eigenvalue weighted by molar-refractivity contribution is 5.58. The number of methoxy groups -OCH3 is 1. The third-order valence-corrected chi connectivity index (χ3v) is 1.74. The molecule has 0 aromatic heterocycles. The van der Waals surface area contributed by atoms with Crippen LogP contribution in [0.15, 0.2) is 24.3 Å². The van der Waals surface area contributed by atoms with Crippen molar-refractivity contribution in [1.29, 1.82) is 0 Å². The molecule has 1 radical (unpaired) electrons. The highest BCUT2D eigenvalue weighted by Gasteiger charge is 2.03. The first-order valence-corrected chi connectivity index (χ1v) is 4.02. The van der Waals surface area contributed by atoms with Crippen LogP contribution in [0.5, 0.6) is 5.75 Å². The summed E-state index contributed by atoms with van der Waals surface area (Å²) in [6.45, 7) is 0. The predicted octanol–water partition coefficient (Wildman–Crippen LogP) is 0.675. The maximum Gasteiger partial charge on any atom is 0.217 e. The second-order valence-electron chi connectivity index (χ2n) is 2.78. The van der Waals surface area contributed by atoms with E-state index >= 15 is 0 Å². The molecule has 69 valence electrons. The van der Waals surface area contributed by atoms with Crippen molar-refractivity contribution in [1.82, 2.24) is 0 Å². The van der Waals surface area contributed by atoms with E-state index < -0.39 is 6.04 Å². The second kappa shape index (κ2) is 4.62. The van der Waals surface area contributed by atoms with E-state index in [1.54, 1.807) is 13.4 Å². The summed E-state index contributed by atoms with van der Waals surface area (Å²) in [5, 5.41) is 0. The van der Waals surface area contributed by atoms with Crippen molar-refractivity contribution in [2.24, 2.45) is 5.73 Å². The normalized spacial score (nSPS) is 12.2. The van der Waals surface area contributed by atoms with Crippen LogP contribution in [0.25, 0.3) is 0 Å². The van der Waals surface area contributed by atoms with Gasteiger partial charge in [-0.25, -0.2) is 0 Å². The molecule has 13 heavy (non-hydrogen) atoms. The van der Waals surface area contributed by atoms with Crippen LogP contribution in [0, 0.1) is 0 Å². The van der Waals surface area contributed by atoms with Crippen molar-refractivity contribution in [3.63, 3.8) is 0 Å². The molecular weight excluding hydrogens is 166 g/mol. The van der Waals surface area contributed by atoms with Gasteiger partial charge in [-0.3, -0.25) is 4.79 Å². The van der Waals surface area contributed by atoms with Crippen LogP contribution in [-0.2, 0) is 11.2 Å². The molecule has 0 heterocycles. The lowest BCUT2D eigenvalue weighted by Gasteiger charge is -2.05. The van der Waals surface area contributed by atoms with Gasteiger partial charge in [0.25, 0.3) is 0 Å². The third kappa shape index (κ3) is 2.87. The van der Waals surface area contributed by atoms with Crippen molar-refractivity contribution in [3.05, 3.63) is 29.8 Å². The summed E-state index contributed by atoms with van der Waals surface area (Å²) in [6, 6.07) is 6.93. The molecule has 0 bridgehead atoms. The molecule has 1 atom stereocenters. The number of carbonyl (C=O) groups excluding carboxylic acids is 1. The Hall–Kier alpha value is -1.35. The lowest BCUT2D eigenvalue weighted by atomic mass is 10.1. The monoisotopic (exact) mass is 178 g/mol. The predicted molar refractivity (Wildman–Crippen MR) is 50.4 cm³/mol. The molecule has 3 nitrogen and oxygen atoms in total. The minimum atomic E-state index is -0.549. The van der Waals surface area contributed by atoms with Gasteiger partial charge < -0.3 is 10.5 Å². The first kappa shape index (κ1) is 9.74. The van der Waals surface area contributed by atoms with Gasteiger partial charge in [0, 0.05) is 0 Å². The van der Waals surface area contributed by atoms with E-state index in [2.05, 4.69) is 0 Å². The molecule has 0 aliphatic heterocycles. The topological polar surface area (TPSA) is 52.3 Å². The zero-order chi connectivity index (χ0) is 9.68. The fourth-order valence-electron chi connectivity index (χ4n) is 1.10.